The summed E-state index contributed by atoms with van der Waals surface area (Å²) in [5.74, 6) is 1.70. The molecule has 0 aliphatic heterocycles. The van der Waals surface area contributed by atoms with Gasteiger partial charge in [0.1, 0.15) is 5.75 Å². The van der Waals surface area contributed by atoms with Crippen molar-refractivity contribution in [3.63, 3.8) is 0 Å². The van der Waals surface area contributed by atoms with Crippen molar-refractivity contribution < 1.29 is 4.74 Å². The normalized spacial score (nSPS) is 10.2. The van der Waals surface area contributed by atoms with Crippen LogP contribution in [0.25, 0.3) is 0 Å². The minimum atomic E-state index is 0.385. The first-order valence-electron chi connectivity index (χ1n) is 7.46. The number of nitrogens with one attached hydrogen (secondary N) is 2. The molecule has 1 heterocycles. The highest BCUT2D eigenvalue weighted by molar-refractivity contribution is 6.30. The van der Waals surface area contributed by atoms with Gasteiger partial charge >= 0.3 is 0 Å². The minimum Gasteiger partial charge on any atom is -0.492 e. The molecule has 0 fully saturated rings. The average Bonchev–Trinajstić information content (AvgIpc) is 2.59. The third-order valence-corrected chi connectivity index (χ3v) is 3.36. The largest absolute Gasteiger partial charge is 0.492 e. The Morgan fingerprint density at radius 1 is 1.04 bits per heavy atom. The highest BCUT2D eigenvalue weighted by atomic mass is 35.5. The Hall–Kier alpha value is -2.86. The smallest absolute Gasteiger partial charge is 0.249 e. The summed E-state index contributed by atoms with van der Waals surface area (Å²) in [6.45, 7) is 2.53. The van der Waals surface area contributed by atoms with Crippen molar-refractivity contribution in [1.29, 1.82) is 0 Å². The Kier molecular flexibility index (Phi) is 5.08. The molecule has 2 aromatic carbocycles. The molecule has 6 nitrogen and oxygen atoms in total. The quantitative estimate of drug-likeness (QED) is 0.692. The van der Waals surface area contributed by atoms with Gasteiger partial charge in [-0.2, -0.15) is 10.1 Å². The van der Waals surface area contributed by atoms with Gasteiger partial charge in [-0.25, -0.2) is 0 Å². The Labute approximate surface area is 144 Å². The van der Waals surface area contributed by atoms with Gasteiger partial charge in [0.15, 0.2) is 5.82 Å². The Balaban J connectivity index is 1.77. The van der Waals surface area contributed by atoms with E-state index in [0.29, 0.717) is 23.4 Å². The number of hydrogen-bond donors (Lipinski definition) is 2. The van der Waals surface area contributed by atoms with Gasteiger partial charge in [0, 0.05) is 10.7 Å². The topological polar surface area (TPSA) is 72.0 Å². The molecule has 0 aliphatic carbocycles. The molecule has 3 rings (SSSR count). The summed E-state index contributed by atoms with van der Waals surface area (Å²) in [7, 11) is 0. The standard InChI is InChI=1S/C17H16ClN5O/c1-2-24-15-6-4-3-5-14(15)21-16-11-19-23-17(22-16)20-13-9-7-12(18)8-10-13/h3-11H,2H2,1H3,(H2,20,21,22,23). The highest BCUT2D eigenvalue weighted by Gasteiger charge is 2.06. The van der Waals surface area contributed by atoms with Gasteiger partial charge in [-0.05, 0) is 43.3 Å². The maximum absolute atomic E-state index is 5.88. The molecule has 0 saturated carbocycles. The fourth-order valence-corrected chi connectivity index (χ4v) is 2.19. The zero-order valence-corrected chi connectivity index (χ0v) is 13.8. The van der Waals surface area contributed by atoms with Crippen molar-refractivity contribution in [3.05, 3.63) is 59.8 Å². The van der Waals surface area contributed by atoms with E-state index in [2.05, 4.69) is 25.8 Å². The number of halogens is 1. The second-order valence-electron chi connectivity index (χ2n) is 4.85. The molecule has 0 atom stereocenters. The zero-order chi connectivity index (χ0) is 16.8. The summed E-state index contributed by atoms with van der Waals surface area (Å²) in [6, 6.07) is 14.9. The van der Waals surface area contributed by atoms with E-state index in [4.69, 9.17) is 16.3 Å². The molecule has 1 aromatic heterocycles. The van der Waals surface area contributed by atoms with E-state index in [1.807, 2.05) is 43.3 Å². The second kappa shape index (κ2) is 7.61. The fourth-order valence-electron chi connectivity index (χ4n) is 2.07. The predicted molar refractivity (Wildman–Crippen MR) is 95.5 cm³/mol. The number of anilines is 4. The number of nitrogens with zero attached hydrogens (tertiary/aromatic N) is 3. The van der Waals surface area contributed by atoms with Crippen LogP contribution in [0.1, 0.15) is 6.92 Å². The summed E-state index contributed by atoms with van der Waals surface area (Å²) >= 11 is 5.88. The first-order chi connectivity index (χ1) is 11.7. The SMILES string of the molecule is CCOc1ccccc1Nc1cnnc(Nc2ccc(Cl)cc2)n1. The van der Waals surface area contributed by atoms with Crippen LogP contribution in [-0.2, 0) is 0 Å². The molecule has 0 radical (unpaired) electrons. The first-order valence-corrected chi connectivity index (χ1v) is 7.83. The average molecular weight is 342 g/mol. The van der Waals surface area contributed by atoms with E-state index >= 15 is 0 Å². The Morgan fingerprint density at radius 3 is 2.62 bits per heavy atom. The number of aromatic nitrogens is 3. The molecule has 7 heteroatoms. The van der Waals surface area contributed by atoms with Crippen LogP contribution in [0.4, 0.5) is 23.1 Å². The van der Waals surface area contributed by atoms with E-state index < -0.39 is 0 Å². The number of hydrogen-bond acceptors (Lipinski definition) is 6. The van der Waals surface area contributed by atoms with Crippen LogP contribution in [0.2, 0.25) is 5.02 Å². The van der Waals surface area contributed by atoms with E-state index in [-0.39, 0.29) is 0 Å². The van der Waals surface area contributed by atoms with Crippen LogP contribution in [0, 0.1) is 0 Å². The zero-order valence-electron chi connectivity index (χ0n) is 13.0. The molecule has 0 amide bonds. The van der Waals surface area contributed by atoms with Crippen molar-refractivity contribution in [2.75, 3.05) is 17.2 Å². The van der Waals surface area contributed by atoms with Crippen LogP contribution in [0.15, 0.2) is 54.7 Å². The van der Waals surface area contributed by atoms with Gasteiger partial charge in [0.25, 0.3) is 0 Å². The lowest BCUT2D eigenvalue weighted by Crippen LogP contribution is -2.03. The number of ether oxygens (including phenoxy) is 1. The lowest BCUT2D eigenvalue weighted by Gasteiger charge is -2.12. The molecule has 0 spiro atoms. The van der Waals surface area contributed by atoms with E-state index in [9.17, 15) is 0 Å². The monoisotopic (exact) mass is 341 g/mol. The maximum Gasteiger partial charge on any atom is 0.249 e. The summed E-state index contributed by atoms with van der Waals surface area (Å²) in [4.78, 5) is 4.40. The molecule has 122 valence electrons. The molecule has 0 saturated heterocycles. The minimum absolute atomic E-state index is 0.385. The van der Waals surface area contributed by atoms with Crippen LogP contribution in [0.5, 0.6) is 5.75 Å². The first kappa shape index (κ1) is 16.0. The third kappa shape index (κ3) is 4.11. The molecular formula is C17H16ClN5O. The van der Waals surface area contributed by atoms with Gasteiger partial charge in [0.05, 0.1) is 18.5 Å². The molecule has 3 aromatic rings. The Bertz CT molecular complexity index is 810. The van der Waals surface area contributed by atoms with Crippen LogP contribution < -0.4 is 15.4 Å². The van der Waals surface area contributed by atoms with Crippen molar-refractivity contribution in [2.45, 2.75) is 6.92 Å². The predicted octanol–water partition coefficient (Wildman–Crippen LogP) is 4.41. The van der Waals surface area contributed by atoms with Crippen molar-refractivity contribution >= 4 is 34.7 Å². The molecule has 0 unspecified atom stereocenters. The van der Waals surface area contributed by atoms with E-state index in [0.717, 1.165) is 17.1 Å². The van der Waals surface area contributed by atoms with Crippen LogP contribution >= 0.6 is 11.6 Å². The van der Waals surface area contributed by atoms with Gasteiger partial charge in [0.2, 0.25) is 5.95 Å². The van der Waals surface area contributed by atoms with E-state index in [1.54, 1.807) is 18.3 Å². The van der Waals surface area contributed by atoms with Crippen molar-refractivity contribution in [1.82, 2.24) is 15.2 Å². The maximum atomic E-state index is 5.88. The van der Waals surface area contributed by atoms with Gasteiger partial charge in [-0.3, -0.25) is 0 Å². The van der Waals surface area contributed by atoms with Crippen molar-refractivity contribution in [3.8, 4) is 5.75 Å². The molecular weight excluding hydrogens is 326 g/mol. The Morgan fingerprint density at radius 2 is 1.83 bits per heavy atom. The lowest BCUT2D eigenvalue weighted by atomic mass is 10.3. The third-order valence-electron chi connectivity index (χ3n) is 3.11. The van der Waals surface area contributed by atoms with Crippen LogP contribution in [-0.4, -0.2) is 21.8 Å². The lowest BCUT2D eigenvalue weighted by molar-refractivity contribution is 0.342. The summed E-state index contributed by atoms with van der Waals surface area (Å²) in [5.41, 5.74) is 1.64. The molecule has 0 bridgehead atoms. The summed E-state index contributed by atoms with van der Waals surface area (Å²) in [6.07, 6.45) is 1.55. The van der Waals surface area contributed by atoms with Gasteiger partial charge in [-0.15, -0.1) is 5.10 Å². The summed E-state index contributed by atoms with van der Waals surface area (Å²) < 4.78 is 5.59. The molecule has 24 heavy (non-hydrogen) atoms. The highest BCUT2D eigenvalue weighted by Crippen LogP contribution is 2.26. The molecule has 0 aliphatic rings. The van der Waals surface area contributed by atoms with Gasteiger partial charge in [-0.1, -0.05) is 23.7 Å². The summed E-state index contributed by atoms with van der Waals surface area (Å²) in [5, 5.41) is 14.9. The van der Waals surface area contributed by atoms with Crippen molar-refractivity contribution in [2.24, 2.45) is 0 Å². The number of para-hydroxylation sites is 2. The van der Waals surface area contributed by atoms with Gasteiger partial charge < -0.3 is 15.4 Å². The fraction of sp³-hybridized carbons (Fsp3) is 0.118. The van der Waals surface area contributed by atoms with Crippen LogP contribution in [0.3, 0.4) is 0 Å². The van der Waals surface area contributed by atoms with E-state index in [1.165, 1.54) is 0 Å². The molecule has 2 N–H and O–H groups in total. The number of rotatable bonds is 6. The second-order valence-corrected chi connectivity index (χ2v) is 5.29. The number of benzene rings is 2.